The van der Waals surface area contributed by atoms with Crippen LogP contribution in [0.3, 0.4) is 0 Å². The highest BCUT2D eigenvalue weighted by molar-refractivity contribution is 6.66. The van der Waals surface area contributed by atoms with Crippen LogP contribution in [0.5, 0.6) is 0 Å². The van der Waals surface area contributed by atoms with Crippen molar-refractivity contribution in [2.75, 3.05) is 24.5 Å². The van der Waals surface area contributed by atoms with Crippen molar-refractivity contribution in [2.45, 2.75) is 44.6 Å². The van der Waals surface area contributed by atoms with Crippen molar-refractivity contribution in [3.63, 3.8) is 0 Å². The van der Waals surface area contributed by atoms with Gasteiger partial charge >= 0.3 is 11.5 Å². The van der Waals surface area contributed by atoms with Crippen LogP contribution in [0.2, 0.25) is 0 Å². The summed E-state index contributed by atoms with van der Waals surface area (Å²) in [5.74, 6) is 0. The number of hydrogen-bond acceptors (Lipinski definition) is 3. The zero-order chi connectivity index (χ0) is 17.5. The number of halogens is 1. The molecule has 6 heteroatoms. The Morgan fingerprint density at radius 1 is 1.17 bits per heavy atom. The van der Waals surface area contributed by atoms with E-state index in [0.29, 0.717) is 19.6 Å². The highest BCUT2D eigenvalue weighted by Crippen LogP contribution is 2.47. The largest absolute Gasteiger partial charge is 0.444 e. The maximum Gasteiger partial charge on any atom is 0.410 e. The van der Waals surface area contributed by atoms with E-state index >= 15 is 0 Å². The van der Waals surface area contributed by atoms with Crippen molar-refractivity contribution in [2.24, 2.45) is 0 Å². The van der Waals surface area contributed by atoms with Crippen LogP contribution in [0.4, 0.5) is 15.3 Å². The van der Waals surface area contributed by atoms with Crippen LogP contribution in [-0.4, -0.2) is 41.6 Å². The number of amides is 2. The second-order valence-corrected chi connectivity index (χ2v) is 7.93. The molecule has 24 heavy (non-hydrogen) atoms. The third kappa shape index (κ3) is 3.09. The maximum atomic E-state index is 12.3. The molecule has 0 bridgehead atoms. The lowest BCUT2D eigenvalue weighted by molar-refractivity contribution is 0.0171. The minimum absolute atomic E-state index is 0.125. The number of piperidine rings is 1. The highest BCUT2D eigenvalue weighted by atomic mass is 35.5. The van der Waals surface area contributed by atoms with Crippen molar-refractivity contribution < 1.29 is 14.3 Å². The molecule has 0 saturated carbocycles. The number of para-hydroxylation sites is 1. The Hall–Kier alpha value is -1.75. The SMILES string of the molecule is CC(C)(C)OC(=O)N1CCC2(CC1)CN(C(=O)Cl)c1ccccc12. The molecule has 2 heterocycles. The Bertz CT molecular complexity index is 660. The number of benzene rings is 1. The average molecular weight is 351 g/mol. The van der Waals surface area contributed by atoms with Gasteiger partial charge in [0.1, 0.15) is 5.60 Å². The summed E-state index contributed by atoms with van der Waals surface area (Å²) in [5, 5.41) is -0.450. The number of rotatable bonds is 0. The first kappa shape index (κ1) is 17.1. The third-order valence-electron chi connectivity index (χ3n) is 4.81. The molecule has 2 aliphatic heterocycles. The van der Waals surface area contributed by atoms with E-state index in [4.69, 9.17) is 16.3 Å². The van der Waals surface area contributed by atoms with Gasteiger partial charge in [-0.15, -0.1) is 0 Å². The minimum atomic E-state index is -0.492. The van der Waals surface area contributed by atoms with E-state index in [2.05, 4.69) is 6.07 Å². The highest BCUT2D eigenvalue weighted by Gasteiger charge is 2.46. The van der Waals surface area contributed by atoms with E-state index in [1.54, 1.807) is 9.80 Å². The van der Waals surface area contributed by atoms with E-state index in [0.717, 1.165) is 24.1 Å². The summed E-state index contributed by atoms with van der Waals surface area (Å²) in [6.07, 6.45) is 1.32. The number of carbonyl (C=O) groups excluding carboxylic acids is 2. The van der Waals surface area contributed by atoms with Crippen LogP contribution in [0, 0.1) is 0 Å². The van der Waals surface area contributed by atoms with Gasteiger partial charge in [-0.05, 0) is 56.8 Å². The molecule has 130 valence electrons. The second-order valence-electron chi connectivity index (χ2n) is 7.60. The number of hydrogen-bond donors (Lipinski definition) is 0. The van der Waals surface area contributed by atoms with Crippen LogP contribution in [0.1, 0.15) is 39.2 Å². The predicted octanol–water partition coefficient (Wildman–Crippen LogP) is 4.13. The summed E-state index contributed by atoms with van der Waals surface area (Å²) < 4.78 is 5.46. The standard InChI is InChI=1S/C18H23ClN2O3/c1-17(2,3)24-16(23)20-10-8-18(9-11-20)12-21(15(19)22)14-7-5-4-6-13(14)18/h4-7H,8-12H2,1-3H3. The Morgan fingerprint density at radius 2 is 1.79 bits per heavy atom. The number of likely N-dealkylation sites (tertiary alicyclic amines) is 1. The molecule has 1 aromatic rings. The number of fused-ring (bicyclic) bond motifs is 2. The first-order chi connectivity index (χ1) is 11.2. The zero-order valence-corrected chi connectivity index (χ0v) is 15.1. The molecule has 5 nitrogen and oxygen atoms in total. The number of anilines is 1. The Balaban J connectivity index is 1.76. The molecule has 1 aromatic carbocycles. The van der Waals surface area contributed by atoms with E-state index in [1.165, 1.54) is 0 Å². The molecule has 2 amide bonds. The Morgan fingerprint density at radius 3 is 2.38 bits per heavy atom. The predicted molar refractivity (Wildman–Crippen MR) is 93.8 cm³/mol. The molecule has 0 unspecified atom stereocenters. The second kappa shape index (κ2) is 5.96. The molecule has 1 fully saturated rings. The number of nitrogens with zero attached hydrogens (tertiary/aromatic N) is 2. The average Bonchev–Trinajstić information content (AvgIpc) is 2.82. The topological polar surface area (TPSA) is 49.9 Å². The van der Waals surface area contributed by atoms with Crippen LogP contribution in [0.25, 0.3) is 0 Å². The summed E-state index contributed by atoms with van der Waals surface area (Å²) in [4.78, 5) is 27.4. The fourth-order valence-electron chi connectivity index (χ4n) is 3.66. The quantitative estimate of drug-likeness (QED) is 0.522. The van der Waals surface area contributed by atoms with Crippen molar-refractivity contribution in [3.8, 4) is 0 Å². The molecule has 2 aliphatic rings. The number of ether oxygens (including phenoxy) is 1. The van der Waals surface area contributed by atoms with Gasteiger partial charge in [0.05, 0.1) is 0 Å². The summed E-state index contributed by atoms with van der Waals surface area (Å²) in [7, 11) is 0. The molecule has 0 aliphatic carbocycles. The lowest BCUT2D eigenvalue weighted by Crippen LogP contribution is -2.48. The molecule has 0 radical (unpaired) electrons. The summed E-state index contributed by atoms with van der Waals surface area (Å²) in [6, 6.07) is 7.91. The minimum Gasteiger partial charge on any atom is -0.444 e. The van der Waals surface area contributed by atoms with Gasteiger partial charge in [-0.1, -0.05) is 18.2 Å². The van der Waals surface area contributed by atoms with Gasteiger partial charge in [0.15, 0.2) is 0 Å². The Labute approximate surface area is 147 Å². The summed E-state index contributed by atoms with van der Waals surface area (Å²) in [5.41, 5.74) is 1.43. The molecule has 1 saturated heterocycles. The van der Waals surface area contributed by atoms with Crippen LogP contribution >= 0.6 is 11.6 Å². The fraction of sp³-hybridized carbons (Fsp3) is 0.556. The first-order valence-corrected chi connectivity index (χ1v) is 8.64. The van der Waals surface area contributed by atoms with Gasteiger partial charge in [0.2, 0.25) is 0 Å². The molecule has 0 atom stereocenters. The van der Waals surface area contributed by atoms with Gasteiger partial charge in [0, 0.05) is 30.7 Å². The molecule has 3 rings (SSSR count). The normalized spacial score (nSPS) is 19.3. The van der Waals surface area contributed by atoms with Crippen LogP contribution in [-0.2, 0) is 10.2 Å². The molecule has 0 N–H and O–H groups in total. The van der Waals surface area contributed by atoms with Crippen molar-refractivity contribution >= 4 is 28.7 Å². The Kier molecular flexibility index (Phi) is 4.24. The van der Waals surface area contributed by atoms with Crippen LogP contribution in [0.15, 0.2) is 24.3 Å². The third-order valence-corrected chi connectivity index (χ3v) is 5.02. The lowest BCUT2D eigenvalue weighted by Gasteiger charge is -2.40. The molecular formula is C18H23ClN2O3. The van der Waals surface area contributed by atoms with Gasteiger partial charge in [-0.3, -0.25) is 9.69 Å². The van der Waals surface area contributed by atoms with Gasteiger partial charge < -0.3 is 9.64 Å². The summed E-state index contributed by atoms with van der Waals surface area (Å²) >= 11 is 5.77. The zero-order valence-electron chi connectivity index (χ0n) is 14.3. The summed E-state index contributed by atoms with van der Waals surface area (Å²) in [6.45, 7) is 7.42. The van der Waals surface area contributed by atoms with E-state index in [9.17, 15) is 9.59 Å². The van der Waals surface area contributed by atoms with E-state index < -0.39 is 11.0 Å². The monoisotopic (exact) mass is 350 g/mol. The van der Waals surface area contributed by atoms with E-state index in [1.807, 2.05) is 39.0 Å². The van der Waals surface area contributed by atoms with Crippen molar-refractivity contribution in [1.82, 2.24) is 4.90 Å². The van der Waals surface area contributed by atoms with E-state index in [-0.39, 0.29) is 11.5 Å². The van der Waals surface area contributed by atoms with Crippen molar-refractivity contribution in [1.29, 1.82) is 0 Å². The van der Waals surface area contributed by atoms with Gasteiger partial charge in [-0.2, -0.15) is 0 Å². The van der Waals surface area contributed by atoms with Crippen molar-refractivity contribution in [3.05, 3.63) is 29.8 Å². The lowest BCUT2D eigenvalue weighted by atomic mass is 9.74. The van der Waals surface area contributed by atoms with Gasteiger partial charge in [0.25, 0.3) is 0 Å². The molecule has 0 aromatic heterocycles. The maximum absolute atomic E-state index is 12.3. The smallest absolute Gasteiger partial charge is 0.410 e. The first-order valence-electron chi connectivity index (χ1n) is 8.26. The van der Waals surface area contributed by atoms with Gasteiger partial charge in [-0.25, -0.2) is 4.79 Å². The fourth-order valence-corrected chi connectivity index (χ4v) is 3.81. The number of carbonyl (C=O) groups is 2. The molecular weight excluding hydrogens is 328 g/mol. The molecule has 1 spiro atoms. The van der Waals surface area contributed by atoms with Crippen LogP contribution < -0.4 is 4.90 Å².